The zero-order valence-electron chi connectivity index (χ0n) is 11.8. The Labute approximate surface area is 120 Å². The third-order valence-corrected chi connectivity index (χ3v) is 3.58. The smallest absolute Gasteiger partial charge is 0.239 e. The lowest BCUT2D eigenvalue weighted by atomic mass is 10.1. The fraction of sp³-hybridized carbons (Fsp3) is 0.500. The van der Waals surface area contributed by atoms with Gasteiger partial charge in [-0.05, 0) is 24.8 Å². The Morgan fingerprint density at radius 1 is 1.15 bits per heavy atom. The standard InChI is InChI=1S/C16H22N2O2/c19-15(13-18-12-6-2-5-9-16(18)20)17-11-10-14-7-3-1-4-8-14/h1,3-4,7-8H,2,5-6,9-13H2,(H,17,19). The zero-order valence-corrected chi connectivity index (χ0v) is 11.8. The second-order valence-corrected chi connectivity index (χ2v) is 5.21. The number of nitrogens with zero attached hydrogens (tertiary/aromatic N) is 1. The van der Waals surface area contributed by atoms with E-state index in [9.17, 15) is 9.59 Å². The second-order valence-electron chi connectivity index (χ2n) is 5.21. The van der Waals surface area contributed by atoms with Gasteiger partial charge in [-0.1, -0.05) is 36.8 Å². The van der Waals surface area contributed by atoms with Crippen molar-refractivity contribution >= 4 is 11.8 Å². The van der Waals surface area contributed by atoms with Crippen molar-refractivity contribution in [3.63, 3.8) is 0 Å². The van der Waals surface area contributed by atoms with Crippen LogP contribution in [-0.2, 0) is 16.0 Å². The Hall–Kier alpha value is -1.84. The van der Waals surface area contributed by atoms with E-state index < -0.39 is 0 Å². The van der Waals surface area contributed by atoms with E-state index in [4.69, 9.17) is 0 Å². The summed E-state index contributed by atoms with van der Waals surface area (Å²) in [7, 11) is 0. The van der Waals surface area contributed by atoms with Gasteiger partial charge in [0.25, 0.3) is 0 Å². The normalized spacial score (nSPS) is 15.8. The lowest BCUT2D eigenvalue weighted by Gasteiger charge is -2.19. The van der Waals surface area contributed by atoms with Crippen molar-refractivity contribution in [1.82, 2.24) is 10.2 Å². The highest BCUT2D eigenvalue weighted by molar-refractivity contribution is 5.84. The number of carbonyl (C=O) groups is 2. The first-order valence-electron chi connectivity index (χ1n) is 7.34. The maximum absolute atomic E-state index is 11.9. The molecule has 1 heterocycles. The van der Waals surface area contributed by atoms with Crippen LogP contribution in [0.25, 0.3) is 0 Å². The molecular formula is C16H22N2O2. The number of amides is 2. The molecule has 0 atom stereocenters. The van der Waals surface area contributed by atoms with Gasteiger partial charge in [-0.15, -0.1) is 0 Å². The molecule has 4 heteroatoms. The Morgan fingerprint density at radius 2 is 1.95 bits per heavy atom. The van der Waals surface area contributed by atoms with Crippen molar-refractivity contribution in [2.75, 3.05) is 19.6 Å². The van der Waals surface area contributed by atoms with Gasteiger partial charge in [0.1, 0.15) is 0 Å². The number of likely N-dealkylation sites (tertiary alicyclic amines) is 1. The van der Waals surface area contributed by atoms with Crippen LogP contribution in [0.4, 0.5) is 0 Å². The molecule has 0 unspecified atom stereocenters. The maximum atomic E-state index is 11.9. The lowest BCUT2D eigenvalue weighted by molar-refractivity contribution is -0.135. The third kappa shape index (κ3) is 4.68. The first-order chi connectivity index (χ1) is 9.75. The van der Waals surface area contributed by atoms with Crippen LogP contribution in [0.3, 0.4) is 0 Å². The molecule has 1 saturated heterocycles. The highest BCUT2D eigenvalue weighted by Crippen LogP contribution is 2.10. The first-order valence-corrected chi connectivity index (χ1v) is 7.34. The predicted molar refractivity (Wildman–Crippen MR) is 78.2 cm³/mol. The van der Waals surface area contributed by atoms with E-state index >= 15 is 0 Å². The number of rotatable bonds is 5. The molecular weight excluding hydrogens is 252 g/mol. The van der Waals surface area contributed by atoms with Gasteiger partial charge in [0, 0.05) is 19.5 Å². The van der Waals surface area contributed by atoms with Crippen LogP contribution < -0.4 is 5.32 Å². The summed E-state index contributed by atoms with van der Waals surface area (Å²) < 4.78 is 0. The molecule has 1 fully saturated rings. The van der Waals surface area contributed by atoms with Crippen LogP contribution in [0.2, 0.25) is 0 Å². The topological polar surface area (TPSA) is 49.4 Å². The number of hydrogen-bond donors (Lipinski definition) is 1. The summed E-state index contributed by atoms with van der Waals surface area (Å²) in [5.41, 5.74) is 1.21. The number of hydrogen-bond acceptors (Lipinski definition) is 2. The molecule has 1 aromatic carbocycles. The molecule has 1 aromatic rings. The minimum Gasteiger partial charge on any atom is -0.354 e. The minimum atomic E-state index is -0.0591. The lowest BCUT2D eigenvalue weighted by Crippen LogP contribution is -2.41. The Balaban J connectivity index is 1.70. The molecule has 108 valence electrons. The van der Waals surface area contributed by atoms with Gasteiger partial charge in [-0.3, -0.25) is 9.59 Å². The van der Waals surface area contributed by atoms with Crippen LogP contribution in [-0.4, -0.2) is 36.3 Å². The quantitative estimate of drug-likeness (QED) is 0.889. The van der Waals surface area contributed by atoms with Crippen molar-refractivity contribution in [3.8, 4) is 0 Å². The number of carbonyl (C=O) groups excluding carboxylic acids is 2. The second kappa shape index (κ2) is 7.68. The van der Waals surface area contributed by atoms with Crippen molar-refractivity contribution < 1.29 is 9.59 Å². The maximum Gasteiger partial charge on any atom is 0.239 e. The molecule has 1 aliphatic rings. The highest BCUT2D eigenvalue weighted by atomic mass is 16.2. The van der Waals surface area contributed by atoms with E-state index in [0.717, 1.165) is 25.7 Å². The van der Waals surface area contributed by atoms with Gasteiger partial charge in [0.15, 0.2) is 0 Å². The minimum absolute atomic E-state index is 0.0591. The molecule has 1 N–H and O–H groups in total. The molecule has 0 spiro atoms. The van der Waals surface area contributed by atoms with E-state index in [1.54, 1.807) is 4.90 Å². The zero-order chi connectivity index (χ0) is 14.2. The average Bonchev–Trinajstić information content (AvgIpc) is 2.65. The van der Waals surface area contributed by atoms with Crippen LogP contribution in [0, 0.1) is 0 Å². The molecule has 20 heavy (non-hydrogen) atoms. The van der Waals surface area contributed by atoms with Crippen LogP contribution >= 0.6 is 0 Å². The molecule has 0 aliphatic carbocycles. The summed E-state index contributed by atoms with van der Waals surface area (Å²) in [4.78, 5) is 25.3. The van der Waals surface area contributed by atoms with Gasteiger partial charge in [0.05, 0.1) is 6.54 Å². The number of benzene rings is 1. The van der Waals surface area contributed by atoms with Gasteiger partial charge in [-0.25, -0.2) is 0 Å². The fourth-order valence-corrected chi connectivity index (χ4v) is 2.43. The third-order valence-electron chi connectivity index (χ3n) is 3.58. The average molecular weight is 274 g/mol. The van der Waals surface area contributed by atoms with E-state index in [0.29, 0.717) is 19.5 Å². The van der Waals surface area contributed by atoms with Gasteiger partial charge in [0.2, 0.25) is 11.8 Å². The SMILES string of the molecule is O=C(CN1CCCCCC1=O)NCCc1ccccc1. The summed E-state index contributed by atoms with van der Waals surface area (Å²) in [5, 5.41) is 2.89. The fourth-order valence-electron chi connectivity index (χ4n) is 2.43. The van der Waals surface area contributed by atoms with E-state index in [2.05, 4.69) is 5.32 Å². The summed E-state index contributed by atoms with van der Waals surface area (Å²) in [6.45, 7) is 1.53. The highest BCUT2D eigenvalue weighted by Gasteiger charge is 2.18. The first kappa shape index (κ1) is 14.6. The summed E-state index contributed by atoms with van der Waals surface area (Å²) in [5.74, 6) is 0.0527. The van der Waals surface area contributed by atoms with Gasteiger partial charge < -0.3 is 10.2 Å². The summed E-state index contributed by atoms with van der Waals surface area (Å²) >= 11 is 0. The van der Waals surface area contributed by atoms with E-state index in [1.807, 2.05) is 30.3 Å². The molecule has 2 amide bonds. The van der Waals surface area contributed by atoms with Gasteiger partial charge in [-0.2, -0.15) is 0 Å². The van der Waals surface area contributed by atoms with Crippen LogP contribution in [0.5, 0.6) is 0 Å². The van der Waals surface area contributed by atoms with Crippen molar-refractivity contribution in [1.29, 1.82) is 0 Å². The summed E-state index contributed by atoms with van der Waals surface area (Å²) in [6, 6.07) is 10.1. The Bertz CT molecular complexity index is 445. The van der Waals surface area contributed by atoms with Gasteiger partial charge >= 0.3 is 0 Å². The Morgan fingerprint density at radius 3 is 2.75 bits per heavy atom. The molecule has 0 saturated carbocycles. The van der Waals surface area contributed by atoms with Crippen molar-refractivity contribution in [2.24, 2.45) is 0 Å². The molecule has 0 aromatic heterocycles. The molecule has 0 bridgehead atoms. The van der Waals surface area contributed by atoms with Crippen molar-refractivity contribution in [2.45, 2.75) is 32.1 Å². The molecule has 4 nitrogen and oxygen atoms in total. The summed E-state index contributed by atoms with van der Waals surface area (Å²) in [6.07, 6.45) is 4.43. The molecule has 2 rings (SSSR count). The molecule has 1 aliphatic heterocycles. The monoisotopic (exact) mass is 274 g/mol. The van der Waals surface area contributed by atoms with Crippen molar-refractivity contribution in [3.05, 3.63) is 35.9 Å². The van der Waals surface area contributed by atoms with E-state index in [1.165, 1.54) is 5.56 Å². The Kier molecular flexibility index (Phi) is 5.59. The van der Waals surface area contributed by atoms with E-state index in [-0.39, 0.29) is 18.4 Å². The largest absolute Gasteiger partial charge is 0.354 e. The predicted octanol–water partition coefficient (Wildman–Crippen LogP) is 1.75. The van der Waals surface area contributed by atoms with Crippen LogP contribution in [0.1, 0.15) is 31.2 Å². The van der Waals surface area contributed by atoms with Crippen LogP contribution in [0.15, 0.2) is 30.3 Å². The molecule has 0 radical (unpaired) electrons. The number of nitrogens with one attached hydrogen (secondary N) is 1.